The Balaban J connectivity index is 1.67. The second-order valence-electron chi connectivity index (χ2n) is 6.14. The second kappa shape index (κ2) is 8.39. The molecule has 0 aliphatic heterocycles. The zero-order valence-corrected chi connectivity index (χ0v) is 15.2. The molecule has 0 radical (unpaired) electrons. The number of aryl methyl sites for hydroxylation is 1. The summed E-state index contributed by atoms with van der Waals surface area (Å²) in [5.41, 5.74) is 2.34. The Kier molecular flexibility index (Phi) is 5.74. The number of aromatic amines is 1. The zero-order chi connectivity index (χ0) is 19.2. The van der Waals surface area contributed by atoms with Gasteiger partial charge in [-0.1, -0.05) is 18.4 Å². The summed E-state index contributed by atoms with van der Waals surface area (Å²) in [4.78, 5) is 14.0. The third kappa shape index (κ3) is 4.46. The van der Waals surface area contributed by atoms with Crippen molar-refractivity contribution in [1.29, 1.82) is 0 Å². The van der Waals surface area contributed by atoms with Crippen molar-refractivity contribution in [3.8, 4) is 11.3 Å². The molecular formula is C17H21FN8O. The molecule has 2 N–H and O–H groups in total. The number of hydrogen-bond acceptors (Lipinski definition) is 5. The highest BCUT2D eigenvalue weighted by atomic mass is 19.1. The van der Waals surface area contributed by atoms with E-state index in [1.54, 1.807) is 30.1 Å². The predicted molar refractivity (Wildman–Crippen MR) is 97.2 cm³/mol. The minimum atomic E-state index is -0.339. The number of rotatable bonds is 7. The molecule has 0 aliphatic carbocycles. The summed E-state index contributed by atoms with van der Waals surface area (Å²) in [5, 5.41) is 21.0. The van der Waals surface area contributed by atoms with E-state index in [2.05, 4.69) is 38.0 Å². The number of carbonyl (C=O) groups excluding carboxylic acids is 1. The van der Waals surface area contributed by atoms with E-state index in [1.807, 2.05) is 0 Å². The first kappa shape index (κ1) is 18.5. The van der Waals surface area contributed by atoms with E-state index in [1.165, 1.54) is 17.0 Å². The van der Waals surface area contributed by atoms with Gasteiger partial charge in [0, 0.05) is 24.7 Å². The molecule has 0 atom stereocenters. The monoisotopic (exact) mass is 372 g/mol. The summed E-state index contributed by atoms with van der Waals surface area (Å²) in [6, 6.07) is 5.75. The Labute approximate surface area is 155 Å². The first-order valence-corrected chi connectivity index (χ1v) is 8.65. The standard InChI is InChI=1S/C17H21FN8O/c1-3-4-9-26-16(22-23-24-26)20-17(27)25(2)11-13-10-19-21-15(13)12-5-7-14(18)8-6-12/h5-8,10H,3-4,9,11H2,1-2H3,(H,19,21)(H,20,22,24,27). The summed E-state index contributed by atoms with van der Waals surface area (Å²) in [5.74, 6) is 0.00311. The average molecular weight is 372 g/mol. The number of halogens is 1. The number of benzene rings is 1. The largest absolute Gasteiger partial charge is 0.324 e. The molecule has 1 aromatic carbocycles. The summed E-state index contributed by atoms with van der Waals surface area (Å²) >= 11 is 0. The van der Waals surface area contributed by atoms with Gasteiger partial charge in [-0.2, -0.15) is 5.10 Å². The number of nitrogens with one attached hydrogen (secondary N) is 2. The molecule has 2 heterocycles. The van der Waals surface area contributed by atoms with Crippen LogP contribution in [0.5, 0.6) is 0 Å². The van der Waals surface area contributed by atoms with Crippen LogP contribution in [0.25, 0.3) is 11.3 Å². The lowest BCUT2D eigenvalue weighted by Gasteiger charge is -2.17. The van der Waals surface area contributed by atoms with E-state index in [-0.39, 0.29) is 11.8 Å². The molecule has 0 fully saturated rings. The summed E-state index contributed by atoms with van der Waals surface area (Å²) in [6.07, 6.45) is 3.56. The van der Waals surface area contributed by atoms with Crippen LogP contribution in [0.4, 0.5) is 15.1 Å². The number of aromatic nitrogens is 6. The fourth-order valence-corrected chi connectivity index (χ4v) is 2.57. The maximum Gasteiger partial charge on any atom is 0.324 e. The molecule has 3 rings (SSSR count). The van der Waals surface area contributed by atoms with E-state index in [0.717, 1.165) is 29.7 Å². The van der Waals surface area contributed by atoms with Crippen LogP contribution in [0.1, 0.15) is 25.3 Å². The van der Waals surface area contributed by atoms with Gasteiger partial charge < -0.3 is 4.90 Å². The van der Waals surface area contributed by atoms with Crippen LogP contribution < -0.4 is 5.32 Å². The van der Waals surface area contributed by atoms with Gasteiger partial charge in [0.1, 0.15) is 5.82 Å². The number of hydrogen-bond donors (Lipinski definition) is 2. The van der Waals surface area contributed by atoms with Crippen LogP contribution in [0, 0.1) is 5.82 Å². The van der Waals surface area contributed by atoms with Gasteiger partial charge in [0.25, 0.3) is 5.95 Å². The van der Waals surface area contributed by atoms with Gasteiger partial charge in [-0.15, -0.1) is 0 Å². The third-order valence-corrected chi connectivity index (χ3v) is 4.08. The molecule has 2 amide bonds. The van der Waals surface area contributed by atoms with Crippen molar-refractivity contribution in [3.05, 3.63) is 41.8 Å². The molecule has 0 saturated carbocycles. The maximum absolute atomic E-state index is 13.1. The van der Waals surface area contributed by atoms with Gasteiger partial charge in [0.2, 0.25) is 0 Å². The van der Waals surface area contributed by atoms with Crippen molar-refractivity contribution in [3.63, 3.8) is 0 Å². The number of H-pyrrole nitrogens is 1. The topological polar surface area (TPSA) is 105 Å². The van der Waals surface area contributed by atoms with Crippen molar-refractivity contribution in [2.24, 2.45) is 0 Å². The van der Waals surface area contributed by atoms with E-state index in [9.17, 15) is 9.18 Å². The minimum Gasteiger partial charge on any atom is -0.323 e. The molecule has 10 heteroatoms. The van der Waals surface area contributed by atoms with Crippen molar-refractivity contribution in [2.75, 3.05) is 12.4 Å². The van der Waals surface area contributed by atoms with Gasteiger partial charge in [-0.3, -0.25) is 10.4 Å². The number of unbranched alkanes of at least 4 members (excludes halogenated alkanes) is 1. The molecule has 9 nitrogen and oxygen atoms in total. The summed E-state index contributed by atoms with van der Waals surface area (Å²) < 4.78 is 14.7. The molecule has 2 aromatic heterocycles. The number of nitrogens with zero attached hydrogens (tertiary/aromatic N) is 6. The molecule has 0 aliphatic rings. The first-order chi connectivity index (χ1) is 13.1. The predicted octanol–water partition coefficient (Wildman–Crippen LogP) is 2.67. The van der Waals surface area contributed by atoms with Gasteiger partial charge in [0.05, 0.1) is 18.4 Å². The van der Waals surface area contributed by atoms with Crippen LogP contribution in [0.15, 0.2) is 30.5 Å². The third-order valence-electron chi connectivity index (χ3n) is 4.08. The highest BCUT2D eigenvalue weighted by molar-refractivity contribution is 5.87. The van der Waals surface area contributed by atoms with Crippen molar-refractivity contribution >= 4 is 12.0 Å². The van der Waals surface area contributed by atoms with Gasteiger partial charge >= 0.3 is 6.03 Å². The fourth-order valence-electron chi connectivity index (χ4n) is 2.57. The Morgan fingerprint density at radius 3 is 2.85 bits per heavy atom. The van der Waals surface area contributed by atoms with Crippen LogP contribution in [0.3, 0.4) is 0 Å². The first-order valence-electron chi connectivity index (χ1n) is 8.65. The molecule has 0 saturated heterocycles. The zero-order valence-electron chi connectivity index (χ0n) is 15.2. The Bertz CT molecular complexity index is 888. The lowest BCUT2D eigenvalue weighted by Crippen LogP contribution is -2.32. The fraction of sp³-hybridized carbons (Fsp3) is 0.353. The van der Waals surface area contributed by atoms with Crippen molar-refractivity contribution in [1.82, 2.24) is 35.3 Å². The molecule has 0 spiro atoms. The highest BCUT2D eigenvalue weighted by Crippen LogP contribution is 2.22. The minimum absolute atomic E-state index is 0.308. The maximum atomic E-state index is 13.1. The molecule has 0 bridgehead atoms. The quantitative estimate of drug-likeness (QED) is 0.663. The molecule has 0 unspecified atom stereocenters. The second-order valence-corrected chi connectivity index (χ2v) is 6.14. The normalized spacial score (nSPS) is 10.8. The van der Waals surface area contributed by atoms with E-state index in [4.69, 9.17) is 0 Å². The molecular weight excluding hydrogens is 351 g/mol. The highest BCUT2D eigenvalue weighted by Gasteiger charge is 2.16. The molecule has 3 aromatic rings. The molecule has 27 heavy (non-hydrogen) atoms. The Morgan fingerprint density at radius 2 is 2.11 bits per heavy atom. The Morgan fingerprint density at radius 1 is 1.33 bits per heavy atom. The average Bonchev–Trinajstić information content (AvgIpc) is 3.30. The summed E-state index contributed by atoms with van der Waals surface area (Å²) in [7, 11) is 1.66. The van der Waals surface area contributed by atoms with Crippen LogP contribution in [-0.4, -0.2) is 48.4 Å². The summed E-state index contributed by atoms with van der Waals surface area (Å²) in [6.45, 7) is 3.02. The van der Waals surface area contributed by atoms with Crippen LogP contribution in [-0.2, 0) is 13.1 Å². The van der Waals surface area contributed by atoms with Crippen molar-refractivity contribution < 1.29 is 9.18 Å². The van der Waals surface area contributed by atoms with E-state index >= 15 is 0 Å². The number of urea groups is 1. The van der Waals surface area contributed by atoms with Crippen LogP contribution >= 0.6 is 0 Å². The van der Waals surface area contributed by atoms with E-state index in [0.29, 0.717) is 19.0 Å². The van der Waals surface area contributed by atoms with Crippen LogP contribution in [0.2, 0.25) is 0 Å². The van der Waals surface area contributed by atoms with Crippen molar-refractivity contribution in [2.45, 2.75) is 32.9 Å². The SMILES string of the molecule is CCCCn1nnnc1NC(=O)N(C)Cc1cn[nH]c1-c1ccc(F)cc1. The smallest absolute Gasteiger partial charge is 0.323 e. The van der Waals surface area contributed by atoms with Gasteiger partial charge in [-0.25, -0.2) is 13.9 Å². The van der Waals surface area contributed by atoms with Gasteiger partial charge in [0.15, 0.2) is 0 Å². The lowest BCUT2D eigenvalue weighted by molar-refractivity contribution is 0.220. The number of carbonyl (C=O) groups is 1. The number of tetrazole rings is 1. The lowest BCUT2D eigenvalue weighted by atomic mass is 10.1. The number of amides is 2. The van der Waals surface area contributed by atoms with E-state index < -0.39 is 0 Å². The molecule has 142 valence electrons. The Hall–Kier alpha value is -3.30. The number of anilines is 1. The van der Waals surface area contributed by atoms with Gasteiger partial charge in [-0.05, 0) is 41.1 Å².